The Labute approximate surface area is 124 Å². The van der Waals surface area contributed by atoms with Crippen molar-refractivity contribution in [1.82, 2.24) is 5.32 Å². The van der Waals surface area contributed by atoms with E-state index < -0.39 is 0 Å². The first-order valence-electron chi connectivity index (χ1n) is 6.90. The van der Waals surface area contributed by atoms with Crippen molar-refractivity contribution >= 4 is 17.6 Å². The zero-order valence-electron chi connectivity index (χ0n) is 11.7. The highest BCUT2D eigenvalue weighted by molar-refractivity contribution is 6.32. The molecule has 1 fully saturated rings. The SMILES string of the molecule is COC(=O)CCCOc1ccc(CNC2CC2)cc1Cl. The van der Waals surface area contributed by atoms with Crippen molar-refractivity contribution in [2.45, 2.75) is 38.3 Å². The summed E-state index contributed by atoms with van der Waals surface area (Å²) in [5.41, 5.74) is 1.16. The predicted molar refractivity (Wildman–Crippen MR) is 78.1 cm³/mol. The van der Waals surface area contributed by atoms with Gasteiger partial charge in [-0.1, -0.05) is 17.7 Å². The fourth-order valence-electron chi connectivity index (χ4n) is 1.82. The molecule has 1 aliphatic rings. The van der Waals surface area contributed by atoms with Crippen molar-refractivity contribution in [2.75, 3.05) is 13.7 Å². The third-order valence-electron chi connectivity index (χ3n) is 3.18. The molecule has 2 rings (SSSR count). The molecule has 0 atom stereocenters. The minimum absolute atomic E-state index is 0.221. The van der Waals surface area contributed by atoms with Crippen LogP contribution in [0, 0.1) is 0 Å². The summed E-state index contributed by atoms with van der Waals surface area (Å²) < 4.78 is 10.1. The molecule has 1 aromatic carbocycles. The van der Waals surface area contributed by atoms with Gasteiger partial charge in [0.15, 0.2) is 0 Å². The van der Waals surface area contributed by atoms with Crippen LogP contribution in [0.25, 0.3) is 0 Å². The summed E-state index contributed by atoms with van der Waals surface area (Å²) in [6, 6.07) is 6.50. The van der Waals surface area contributed by atoms with E-state index in [1.165, 1.54) is 20.0 Å². The Bertz CT molecular complexity index is 460. The van der Waals surface area contributed by atoms with Gasteiger partial charge in [0.2, 0.25) is 0 Å². The maximum Gasteiger partial charge on any atom is 0.305 e. The number of rotatable bonds is 8. The minimum Gasteiger partial charge on any atom is -0.492 e. The average Bonchev–Trinajstić information content (AvgIpc) is 3.27. The molecule has 20 heavy (non-hydrogen) atoms. The van der Waals surface area contributed by atoms with E-state index in [1.54, 1.807) is 0 Å². The molecule has 0 unspecified atom stereocenters. The molecule has 0 saturated heterocycles. The van der Waals surface area contributed by atoms with Crippen LogP contribution in [0.3, 0.4) is 0 Å². The molecule has 4 nitrogen and oxygen atoms in total. The molecular formula is C15H20ClNO3. The van der Waals surface area contributed by atoms with Crippen molar-refractivity contribution in [3.05, 3.63) is 28.8 Å². The molecule has 0 heterocycles. The van der Waals surface area contributed by atoms with Crippen LogP contribution in [0.5, 0.6) is 5.75 Å². The molecule has 0 radical (unpaired) electrons. The molecular weight excluding hydrogens is 278 g/mol. The molecule has 110 valence electrons. The molecule has 5 heteroatoms. The number of nitrogens with one attached hydrogen (secondary N) is 1. The fraction of sp³-hybridized carbons (Fsp3) is 0.533. The van der Waals surface area contributed by atoms with Crippen LogP contribution >= 0.6 is 11.6 Å². The molecule has 1 aliphatic carbocycles. The van der Waals surface area contributed by atoms with Crippen LogP contribution in [0.2, 0.25) is 5.02 Å². The molecule has 1 N–H and O–H groups in total. The number of carbonyl (C=O) groups excluding carboxylic acids is 1. The maximum absolute atomic E-state index is 11.0. The van der Waals surface area contributed by atoms with Crippen LogP contribution in [-0.2, 0) is 16.1 Å². The molecule has 0 bridgehead atoms. The van der Waals surface area contributed by atoms with E-state index in [0.29, 0.717) is 36.3 Å². The molecule has 1 saturated carbocycles. The number of ether oxygens (including phenoxy) is 2. The smallest absolute Gasteiger partial charge is 0.305 e. The van der Waals surface area contributed by atoms with E-state index >= 15 is 0 Å². The monoisotopic (exact) mass is 297 g/mol. The lowest BCUT2D eigenvalue weighted by molar-refractivity contribution is -0.140. The van der Waals surface area contributed by atoms with Crippen LogP contribution in [0.15, 0.2) is 18.2 Å². The highest BCUT2D eigenvalue weighted by atomic mass is 35.5. The zero-order valence-corrected chi connectivity index (χ0v) is 12.4. The summed E-state index contributed by atoms with van der Waals surface area (Å²) in [5.74, 6) is 0.438. The van der Waals surface area contributed by atoms with Crippen LogP contribution < -0.4 is 10.1 Å². The Balaban J connectivity index is 1.74. The Kier molecular flexibility index (Phi) is 5.68. The largest absolute Gasteiger partial charge is 0.492 e. The topological polar surface area (TPSA) is 47.6 Å². The average molecular weight is 298 g/mol. The van der Waals surface area contributed by atoms with E-state index in [2.05, 4.69) is 10.1 Å². The van der Waals surface area contributed by atoms with Crippen molar-refractivity contribution < 1.29 is 14.3 Å². The van der Waals surface area contributed by atoms with E-state index in [9.17, 15) is 4.79 Å². The standard InChI is InChI=1S/C15H20ClNO3/c1-19-15(18)3-2-8-20-14-7-4-11(9-13(14)16)10-17-12-5-6-12/h4,7,9,12,17H,2-3,5-6,8,10H2,1H3. The van der Waals surface area contributed by atoms with E-state index in [4.69, 9.17) is 16.3 Å². The number of esters is 1. The number of carbonyl (C=O) groups is 1. The molecule has 0 amide bonds. The van der Waals surface area contributed by atoms with Gasteiger partial charge in [0, 0.05) is 19.0 Å². The van der Waals surface area contributed by atoms with Gasteiger partial charge in [-0.3, -0.25) is 4.79 Å². The van der Waals surface area contributed by atoms with Gasteiger partial charge < -0.3 is 14.8 Å². The normalized spacial score (nSPS) is 14.1. The van der Waals surface area contributed by atoms with E-state index in [0.717, 1.165) is 12.1 Å². The van der Waals surface area contributed by atoms with E-state index in [-0.39, 0.29) is 5.97 Å². The lowest BCUT2D eigenvalue weighted by Gasteiger charge is -2.10. The van der Waals surface area contributed by atoms with Crippen LogP contribution in [0.4, 0.5) is 0 Å². The Morgan fingerprint density at radius 3 is 2.90 bits per heavy atom. The highest BCUT2D eigenvalue weighted by Crippen LogP contribution is 2.26. The van der Waals surface area contributed by atoms with Crippen molar-refractivity contribution in [1.29, 1.82) is 0 Å². The number of benzene rings is 1. The summed E-state index contributed by atoms with van der Waals surface area (Å²) in [6.07, 6.45) is 3.52. The molecule has 0 aliphatic heterocycles. The second kappa shape index (κ2) is 7.50. The Morgan fingerprint density at radius 2 is 2.25 bits per heavy atom. The Morgan fingerprint density at radius 1 is 1.45 bits per heavy atom. The number of hydrogen-bond donors (Lipinski definition) is 1. The fourth-order valence-corrected chi connectivity index (χ4v) is 2.08. The van der Waals surface area contributed by atoms with Gasteiger partial charge in [-0.15, -0.1) is 0 Å². The molecule has 0 spiro atoms. The first kappa shape index (κ1) is 15.1. The van der Waals surface area contributed by atoms with Crippen molar-refractivity contribution in [2.24, 2.45) is 0 Å². The summed E-state index contributed by atoms with van der Waals surface area (Å²) in [4.78, 5) is 11.0. The Hall–Kier alpha value is -1.26. The third-order valence-corrected chi connectivity index (χ3v) is 3.47. The lowest BCUT2D eigenvalue weighted by atomic mass is 10.2. The first-order valence-corrected chi connectivity index (χ1v) is 7.28. The quantitative estimate of drug-likeness (QED) is 0.592. The second-order valence-corrected chi connectivity index (χ2v) is 5.36. The van der Waals surface area contributed by atoms with Gasteiger partial charge in [0.1, 0.15) is 5.75 Å². The van der Waals surface area contributed by atoms with Gasteiger partial charge in [-0.25, -0.2) is 0 Å². The summed E-state index contributed by atoms with van der Waals surface area (Å²) in [5, 5.41) is 4.05. The van der Waals surface area contributed by atoms with Crippen molar-refractivity contribution in [3.63, 3.8) is 0 Å². The van der Waals surface area contributed by atoms with Gasteiger partial charge >= 0.3 is 5.97 Å². The van der Waals surface area contributed by atoms with Crippen LogP contribution in [-0.4, -0.2) is 25.7 Å². The van der Waals surface area contributed by atoms with Gasteiger partial charge in [-0.05, 0) is 37.0 Å². The summed E-state index contributed by atoms with van der Waals surface area (Å²) in [7, 11) is 1.38. The predicted octanol–water partition coefficient (Wildman–Crippen LogP) is 2.92. The maximum atomic E-state index is 11.0. The van der Waals surface area contributed by atoms with Gasteiger partial charge in [0.05, 0.1) is 18.7 Å². The first-order chi connectivity index (χ1) is 9.69. The molecule has 1 aromatic rings. The number of methoxy groups -OCH3 is 1. The zero-order chi connectivity index (χ0) is 14.4. The summed E-state index contributed by atoms with van der Waals surface area (Å²) in [6.45, 7) is 1.29. The highest BCUT2D eigenvalue weighted by Gasteiger charge is 2.20. The number of halogens is 1. The van der Waals surface area contributed by atoms with Gasteiger partial charge in [-0.2, -0.15) is 0 Å². The lowest BCUT2D eigenvalue weighted by Crippen LogP contribution is -2.15. The van der Waals surface area contributed by atoms with Crippen LogP contribution in [0.1, 0.15) is 31.2 Å². The number of hydrogen-bond acceptors (Lipinski definition) is 4. The third kappa shape index (κ3) is 5.02. The van der Waals surface area contributed by atoms with Gasteiger partial charge in [0.25, 0.3) is 0 Å². The second-order valence-electron chi connectivity index (χ2n) is 4.95. The molecule has 0 aromatic heterocycles. The summed E-state index contributed by atoms with van der Waals surface area (Å²) >= 11 is 6.18. The van der Waals surface area contributed by atoms with E-state index in [1.807, 2.05) is 18.2 Å². The minimum atomic E-state index is -0.221. The van der Waals surface area contributed by atoms with Crippen molar-refractivity contribution in [3.8, 4) is 5.75 Å².